The van der Waals surface area contributed by atoms with Crippen LogP contribution in [0.1, 0.15) is 26.3 Å². The summed E-state index contributed by atoms with van der Waals surface area (Å²) in [4.78, 5) is 40.5. The second kappa shape index (κ2) is 11.9. The van der Waals surface area contributed by atoms with Gasteiger partial charge in [0, 0.05) is 69.2 Å². The number of anilines is 3. The molecule has 220 valence electrons. The lowest BCUT2D eigenvalue weighted by atomic mass is 10.1. The van der Waals surface area contributed by atoms with Crippen LogP contribution >= 0.6 is 0 Å². The van der Waals surface area contributed by atoms with E-state index in [9.17, 15) is 4.79 Å². The van der Waals surface area contributed by atoms with Crippen molar-refractivity contribution in [1.29, 1.82) is 0 Å². The second-order valence-corrected chi connectivity index (χ2v) is 11.6. The van der Waals surface area contributed by atoms with Crippen molar-refractivity contribution < 1.29 is 14.3 Å². The van der Waals surface area contributed by atoms with Gasteiger partial charge in [-0.15, -0.1) is 0 Å². The van der Waals surface area contributed by atoms with E-state index in [0.29, 0.717) is 38.8 Å². The molecule has 0 unspecified atom stereocenters. The summed E-state index contributed by atoms with van der Waals surface area (Å²) < 4.78 is 11.0. The van der Waals surface area contributed by atoms with Crippen LogP contribution in [0.2, 0.25) is 0 Å². The third-order valence-corrected chi connectivity index (χ3v) is 7.31. The van der Waals surface area contributed by atoms with Gasteiger partial charge in [-0.1, -0.05) is 12.1 Å². The molecule has 2 saturated heterocycles. The Morgan fingerprint density at radius 2 is 1.83 bits per heavy atom. The number of piperazine rings is 1. The maximum Gasteiger partial charge on any atom is 0.410 e. The third-order valence-electron chi connectivity index (χ3n) is 7.31. The fourth-order valence-corrected chi connectivity index (χ4v) is 5.15. The standard InChI is InChI=1S/C30H37N9O3/c1-30(2,3)42-29(40)39-11-9-37(10-12-39)19-22-5-4-8-31-27(22)36-28-34-23-7-6-21(17-25(23)35-28)24-18-26(33-20-32-24)38-13-15-41-16-14-38/h4-8,17-18,20H,9-16,19H2,1-3H3,(H2,31,34,35,36). The number of H-pyrrole nitrogens is 1. The van der Waals surface area contributed by atoms with Crippen LogP contribution in [0.25, 0.3) is 22.3 Å². The molecule has 1 aromatic carbocycles. The number of morpholine rings is 1. The van der Waals surface area contributed by atoms with E-state index in [-0.39, 0.29) is 6.09 Å². The van der Waals surface area contributed by atoms with Crippen LogP contribution in [0.4, 0.5) is 22.4 Å². The van der Waals surface area contributed by atoms with Crippen LogP contribution in [0.15, 0.2) is 48.9 Å². The Hall–Kier alpha value is -4.29. The molecule has 4 aromatic rings. The number of nitrogens with one attached hydrogen (secondary N) is 2. The van der Waals surface area contributed by atoms with Crippen LogP contribution in [-0.2, 0) is 16.0 Å². The summed E-state index contributed by atoms with van der Waals surface area (Å²) in [6, 6.07) is 12.1. The minimum Gasteiger partial charge on any atom is -0.444 e. The molecule has 0 saturated carbocycles. The topological polar surface area (TPSA) is 125 Å². The summed E-state index contributed by atoms with van der Waals surface area (Å²) in [7, 11) is 0. The zero-order valence-corrected chi connectivity index (χ0v) is 24.3. The molecular weight excluding hydrogens is 534 g/mol. The minimum atomic E-state index is -0.495. The number of amides is 1. The molecule has 2 aliphatic rings. The number of carbonyl (C=O) groups excluding carboxylic acids is 1. The molecule has 0 spiro atoms. The highest BCUT2D eigenvalue weighted by atomic mass is 16.6. The van der Waals surface area contributed by atoms with Gasteiger partial charge < -0.3 is 29.6 Å². The molecule has 42 heavy (non-hydrogen) atoms. The van der Waals surface area contributed by atoms with Crippen LogP contribution in [-0.4, -0.2) is 98.9 Å². The molecule has 0 atom stereocenters. The Morgan fingerprint density at radius 3 is 2.62 bits per heavy atom. The average molecular weight is 572 g/mol. The molecule has 5 heterocycles. The summed E-state index contributed by atoms with van der Waals surface area (Å²) in [5.74, 6) is 2.27. The third kappa shape index (κ3) is 6.60. The summed E-state index contributed by atoms with van der Waals surface area (Å²) in [5.41, 5.74) is 4.15. The van der Waals surface area contributed by atoms with Crippen molar-refractivity contribution in [3.63, 3.8) is 0 Å². The largest absolute Gasteiger partial charge is 0.444 e. The number of aromatic amines is 1. The first-order valence-electron chi connectivity index (χ1n) is 14.4. The van der Waals surface area contributed by atoms with Crippen LogP contribution in [0.3, 0.4) is 0 Å². The maximum absolute atomic E-state index is 12.4. The van der Waals surface area contributed by atoms with E-state index < -0.39 is 5.60 Å². The number of ether oxygens (including phenoxy) is 2. The fourth-order valence-electron chi connectivity index (χ4n) is 5.15. The van der Waals surface area contributed by atoms with Crippen molar-refractivity contribution in [2.45, 2.75) is 32.9 Å². The number of fused-ring (bicyclic) bond motifs is 1. The average Bonchev–Trinajstić information content (AvgIpc) is 3.40. The molecule has 12 heteroatoms. The van der Waals surface area contributed by atoms with Crippen molar-refractivity contribution >= 4 is 34.7 Å². The van der Waals surface area contributed by atoms with Gasteiger partial charge in [-0.2, -0.15) is 0 Å². The molecule has 0 radical (unpaired) electrons. The van der Waals surface area contributed by atoms with Crippen LogP contribution in [0, 0.1) is 0 Å². The number of hydrogen-bond acceptors (Lipinski definition) is 10. The van der Waals surface area contributed by atoms with Crippen LogP contribution < -0.4 is 10.2 Å². The van der Waals surface area contributed by atoms with E-state index in [0.717, 1.165) is 65.7 Å². The van der Waals surface area contributed by atoms with Gasteiger partial charge >= 0.3 is 6.09 Å². The number of pyridine rings is 1. The van der Waals surface area contributed by atoms with Gasteiger partial charge in [0.1, 0.15) is 23.6 Å². The van der Waals surface area contributed by atoms with E-state index >= 15 is 0 Å². The van der Waals surface area contributed by atoms with Gasteiger partial charge in [0.15, 0.2) is 0 Å². The van der Waals surface area contributed by atoms with E-state index in [1.54, 1.807) is 17.4 Å². The van der Waals surface area contributed by atoms with Gasteiger partial charge in [-0.25, -0.2) is 24.7 Å². The number of benzene rings is 1. The Bertz CT molecular complexity index is 1540. The SMILES string of the molecule is CC(C)(C)OC(=O)N1CCN(Cc2cccnc2Nc2nc3ccc(-c4cc(N5CCOCC5)ncn4)cc3[nH]2)CC1. The van der Waals surface area contributed by atoms with E-state index in [1.165, 1.54) is 0 Å². The number of hydrogen-bond donors (Lipinski definition) is 2. The molecule has 2 aliphatic heterocycles. The Kier molecular flexibility index (Phi) is 7.90. The smallest absolute Gasteiger partial charge is 0.410 e. The summed E-state index contributed by atoms with van der Waals surface area (Å²) in [6.07, 6.45) is 3.13. The van der Waals surface area contributed by atoms with E-state index in [2.05, 4.69) is 47.2 Å². The van der Waals surface area contributed by atoms with Gasteiger partial charge in [0.25, 0.3) is 0 Å². The highest BCUT2D eigenvalue weighted by Gasteiger charge is 2.26. The van der Waals surface area contributed by atoms with Crippen molar-refractivity contribution in [1.82, 2.24) is 34.7 Å². The molecular formula is C30H37N9O3. The molecule has 12 nitrogen and oxygen atoms in total. The number of rotatable bonds is 6. The van der Waals surface area contributed by atoms with Gasteiger partial charge in [0.05, 0.1) is 29.9 Å². The van der Waals surface area contributed by atoms with Crippen molar-refractivity contribution in [2.24, 2.45) is 0 Å². The van der Waals surface area contributed by atoms with E-state index in [4.69, 9.17) is 14.5 Å². The van der Waals surface area contributed by atoms with Gasteiger partial charge in [0.2, 0.25) is 5.95 Å². The molecule has 0 bridgehead atoms. The molecule has 2 fully saturated rings. The fraction of sp³-hybridized carbons (Fsp3) is 0.433. The molecule has 0 aliphatic carbocycles. The number of imidazole rings is 1. The predicted octanol–water partition coefficient (Wildman–Crippen LogP) is 4.05. The highest BCUT2D eigenvalue weighted by molar-refractivity contribution is 5.83. The lowest BCUT2D eigenvalue weighted by molar-refractivity contribution is 0.0139. The number of aromatic nitrogens is 5. The zero-order chi connectivity index (χ0) is 29.1. The normalized spacial score (nSPS) is 16.5. The summed E-state index contributed by atoms with van der Waals surface area (Å²) in [6.45, 7) is 12.2. The predicted molar refractivity (Wildman–Crippen MR) is 161 cm³/mol. The molecule has 3 aromatic heterocycles. The number of carbonyl (C=O) groups is 1. The van der Waals surface area contributed by atoms with Gasteiger partial charge in [-0.3, -0.25) is 4.90 Å². The zero-order valence-electron chi connectivity index (χ0n) is 24.3. The second-order valence-electron chi connectivity index (χ2n) is 11.6. The van der Waals surface area contributed by atoms with Crippen molar-refractivity contribution in [3.05, 3.63) is 54.5 Å². The molecule has 1 amide bonds. The Balaban J connectivity index is 1.12. The molecule has 2 N–H and O–H groups in total. The highest BCUT2D eigenvalue weighted by Crippen LogP contribution is 2.27. The lowest BCUT2D eigenvalue weighted by Crippen LogP contribution is -2.49. The lowest BCUT2D eigenvalue weighted by Gasteiger charge is -2.35. The molecule has 6 rings (SSSR count). The van der Waals surface area contributed by atoms with Crippen molar-refractivity contribution in [2.75, 3.05) is 62.7 Å². The Morgan fingerprint density at radius 1 is 1.02 bits per heavy atom. The van der Waals surface area contributed by atoms with Crippen molar-refractivity contribution in [3.8, 4) is 11.3 Å². The monoisotopic (exact) mass is 571 g/mol. The maximum atomic E-state index is 12.4. The first kappa shape index (κ1) is 27.9. The Labute approximate surface area is 245 Å². The first-order chi connectivity index (χ1) is 20.3. The van der Waals surface area contributed by atoms with Gasteiger partial charge in [-0.05, 0) is 39.0 Å². The van der Waals surface area contributed by atoms with Crippen LogP contribution in [0.5, 0.6) is 0 Å². The first-order valence-corrected chi connectivity index (χ1v) is 14.4. The number of nitrogens with zero attached hydrogens (tertiary/aromatic N) is 7. The minimum absolute atomic E-state index is 0.254. The van der Waals surface area contributed by atoms with E-state index in [1.807, 2.05) is 45.0 Å². The summed E-state index contributed by atoms with van der Waals surface area (Å²) in [5, 5.41) is 3.38. The summed E-state index contributed by atoms with van der Waals surface area (Å²) >= 11 is 0. The quantitative estimate of drug-likeness (QED) is 0.350.